The van der Waals surface area contributed by atoms with Gasteiger partial charge in [0, 0.05) is 51.2 Å². The molecule has 5 N–H and O–H groups in total. The van der Waals surface area contributed by atoms with Gasteiger partial charge < -0.3 is 31.2 Å². The number of hydrogen-bond acceptors (Lipinski definition) is 6. The Morgan fingerprint density at radius 3 is 2.53 bits per heavy atom. The van der Waals surface area contributed by atoms with Gasteiger partial charge in [0.1, 0.15) is 5.84 Å². The van der Waals surface area contributed by atoms with E-state index in [0.717, 1.165) is 37.7 Å². The summed E-state index contributed by atoms with van der Waals surface area (Å²) in [6.07, 6.45) is 2.33. The lowest BCUT2D eigenvalue weighted by molar-refractivity contribution is -0.145. The molecule has 186 valence electrons. The summed E-state index contributed by atoms with van der Waals surface area (Å²) >= 11 is 0. The highest BCUT2D eigenvalue weighted by atomic mass is 19.4. The van der Waals surface area contributed by atoms with Crippen molar-refractivity contribution in [2.75, 3.05) is 27.3 Å². The molecule has 0 amide bonds. The average Bonchev–Trinajstić information content (AvgIpc) is 2.83. The van der Waals surface area contributed by atoms with Crippen molar-refractivity contribution in [1.29, 1.82) is 0 Å². The molecular weight excluding hydrogens is 447 g/mol. The number of halogens is 3. The minimum atomic E-state index is -4.42. The number of nitrogens with one attached hydrogen (secondary N) is 1. The Balaban J connectivity index is 1.76. The van der Waals surface area contributed by atoms with Crippen molar-refractivity contribution >= 4 is 5.84 Å². The predicted molar refractivity (Wildman–Crippen MR) is 125 cm³/mol. The topological polar surface area (TPSA) is 98.1 Å². The van der Waals surface area contributed by atoms with E-state index in [9.17, 15) is 13.2 Å². The maximum atomic E-state index is 13.2. The van der Waals surface area contributed by atoms with Crippen LogP contribution in [0.25, 0.3) is 0 Å². The fourth-order valence-corrected chi connectivity index (χ4v) is 4.36. The number of nitrogens with zero attached hydrogens (tertiary/aromatic N) is 2. The molecule has 1 saturated heterocycles. The molecule has 0 saturated carbocycles. The molecule has 0 aromatic heterocycles. The number of alkyl halides is 3. The van der Waals surface area contributed by atoms with Gasteiger partial charge in [-0.15, -0.1) is 0 Å². The monoisotopic (exact) mass is 479 g/mol. The molecule has 34 heavy (non-hydrogen) atoms. The van der Waals surface area contributed by atoms with Crippen LogP contribution in [0.2, 0.25) is 0 Å². The Hall–Kier alpha value is -2.98. The van der Waals surface area contributed by atoms with Crippen molar-refractivity contribution in [3.05, 3.63) is 70.3 Å². The van der Waals surface area contributed by atoms with Gasteiger partial charge in [0.25, 0.3) is 0 Å². The van der Waals surface area contributed by atoms with Crippen LogP contribution in [0.1, 0.15) is 29.5 Å². The molecule has 10 heteroatoms. The number of piperidine rings is 1. The summed E-state index contributed by atoms with van der Waals surface area (Å²) in [5.41, 5.74) is 14.1. The number of hydrogen-bond donors (Lipinski definition) is 3. The highest BCUT2D eigenvalue weighted by Crippen LogP contribution is 2.33. The largest absolute Gasteiger partial charge is 0.416 e. The highest BCUT2D eigenvalue weighted by Gasteiger charge is 2.33. The molecule has 2 heterocycles. The van der Waals surface area contributed by atoms with Gasteiger partial charge in [-0.3, -0.25) is 4.99 Å². The SMILES string of the molecule is COC(OC)C1CCN(C2=CN/C(=C/N)C(C(N)=NCc3cccc(C(F)(F)F)c3C)=C2)CC1. The molecule has 0 spiro atoms. The van der Waals surface area contributed by atoms with Gasteiger partial charge in [-0.05, 0) is 43.0 Å². The predicted octanol–water partition coefficient (Wildman–Crippen LogP) is 3.37. The number of rotatable bonds is 7. The quantitative estimate of drug-likeness (QED) is 0.315. The molecular formula is C24H32F3N5O2. The standard InChI is InChI=1S/C24H32F3N5O2/c1-15-17(5-4-6-20(15)24(25,26)27)13-31-22(29)19-11-18(14-30-21(19)12-28)32-9-7-16(8-10-32)23(33-2)34-3/h4-6,11-12,14,16,23,30H,7-10,13,28H2,1-3H3,(H2,29,31)/b21-12+. The van der Waals surface area contributed by atoms with Crippen LogP contribution in [-0.4, -0.2) is 44.3 Å². The molecule has 7 nitrogen and oxygen atoms in total. The van der Waals surface area contributed by atoms with Gasteiger partial charge in [-0.2, -0.15) is 13.2 Å². The minimum Gasteiger partial charge on any atom is -0.403 e. The molecule has 1 fully saturated rings. The molecule has 0 aliphatic carbocycles. The summed E-state index contributed by atoms with van der Waals surface area (Å²) in [6, 6.07) is 4.07. The van der Waals surface area contributed by atoms with E-state index in [-0.39, 0.29) is 24.2 Å². The summed E-state index contributed by atoms with van der Waals surface area (Å²) in [6.45, 7) is 3.09. The lowest BCUT2D eigenvalue weighted by Crippen LogP contribution is -2.39. The molecule has 0 radical (unpaired) electrons. The number of allylic oxidation sites excluding steroid dienone is 1. The zero-order valence-corrected chi connectivity index (χ0v) is 19.7. The van der Waals surface area contributed by atoms with E-state index >= 15 is 0 Å². The third-order valence-electron chi connectivity index (χ3n) is 6.33. The van der Waals surface area contributed by atoms with Crippen molar-refractivity contribution in [2.24, 2.45) is 22.4 Å². The van der Waals surface area contributed by atoms with Crippen molar-refractivity contribution in [2.45, 2.75) is 38.8 Å². The zero-order chi connectivity index (χ0) is 24.9. The molecule has 2 aliphatic rings. The molecule has 1 aromatic carbocycles. The van der Waals surface area contributed by atoms with Crippen LogP contribution in [0, 0.1) is 12.8 Å². The maximum Gasteiger partial charge on any atom is 0.416 e. The van der Waals surface area contributed by atoms with Crippen LogP contribution in [0.3, 0.4) is 0 Å². The van der Waals surface area contributed by atoms with Crippen LogP contribution < -0.4 is 16.8 Å². The first-order valence-corrected chi connectivity index (χ1v) is 11.1. The van der Waals surface area contributed by atoms with Crippen molar-refractivity contribution < 1.29 is 22.6 Å². The second kappa shape index (κ2) is 11.0. The third kappa shape index (κ3) is 5.74. The van der Waals surface area contributed by atoms with Crippen molar-refractivity contribution in [3.63, 3.8) is 0 Å². The van der Waals surface area contributed by atoms with E-state index in [1.54, 1.807) is 20.3 Å². The number of nitrogens with two attached hydrogens (primary N) is 2. The maximum absolute atomic E-state index is 13.2. The lowest BCUT2D eigenvalue weighted by atomic mass is 9.95. The smallest absolute Gasteiger partial charge is 0.403 e. The van der Waals surface area contributed by atoms with Gasteiger partial charge in [0.05, 0.1) is 23.5 Å². The third-order valence-corrected chi connectivity index (χ3v) is 6.33. The van der Waals surface area contributed by atoms with E-state index in [0.29, 0.717) is 22.8 Å². The van der Waals surface area contributed by atoms with E-state index in [2.05, 4.69) is 15.2 Å². The second-order valence-corrected chi connectivity index (χ2v) is 8.31. The molecule has 0 bridgehead atoms. The summed E-state index contributed by atoms with van der Waals surface area (Å²) in [5.74, 6) is 0.508. The Labute approximate surface area is 198 Å². The van der Waals surface area contributed by atoms with E-state index in [1.807, 2.05) is 12.3 Å². The Morgan fingerprint density at radius 2 is 1.94 bits per heavy atom. The highest BCUT2D eigenvalue weighted by molar-refractivity contribution is 6.01. The van der Waals surface area contributed by atoms with Crippen LogP contribution in [0.15, 0.2) is 58.6 Å². The van der Waals surface area contributed by atoms with Gasteiger partial charge >= 0.3 is 6.18 Å². The summed E-state index contributed by atoms with van der Waals surface area (Å²) in [5, 5.41) is 3.15. The first-order chi connectivity index (χ1) is 16.2. The number of methoxy groups -OCH3 is 2. The number of amidine groups is 1. The normalized spacial score (nSPS) is 19.3. The second-order valence-electron chi connectivity index (χ2n) is 8.31. The van der Waals surface area contributed by atoms with Gasteiger partial charge in [-0.1, -0.05) is 12.1 Å². The number of likely N-dealkylation sites (tertiary alicyclic amines) is 1. The molecule has 1 aromatic rings. The van der Waals surface area contributed by atoms with Crippen LogP contribution in [-0.2, 0) is 22.2 Å². The summed E-state index contributed by atoms with van der Waals surface area (Å²) in [4.78, 5) is 6.61. The van der Waals surface area contributed by atoms with Gasteiger partial charge in [-0.25, -0.2) is 0 Å². The fourth-order valence-electron chi connectivity index (χ4n) is 4.36. The Morgan fingerprint density at radius 1 is 1.26 bits per heavy atom. The van der Waals surface area contributed by atoms with E-state index in [4.69, 9.17) is 20.9 Å². The van der Waals surface area contributed by atoms with E-state index < -0.39 is 11.7 Å². The lowest BCUT2D eigenvalue weighted by Gasteiger charge is -2.37. The Bertz CT molecular complexity index is 989. The zero-order valence-electron chi connectivity index (χ0n) is 19.7. The van der Waals surface area contributed by atoms with Crippen molar-refractivity contribution in [1.82, 2.24) is 10.2 Å². The first kappa shape index (κ1) is 25.6. The first-order valence-electron chi connectivity index (χ1n) is 11.1. The van der Waals surface area contributed by atoms with Crippen molar-refractivity contribution in [3.8, 4) is 0 Å². The van der Waals surface area contributed by atoms with Crippen LogP contribution in [0.5, 0.6) is 0 Å². The number of ether oxygens (including phenoxy) is 2. The molecule has 2 aliphatic heterocycles. The van der Waals surface area contributed by atoms with Gasteiger partial charge in [0.15, 0.2) is 6.29 Å². The van der Waals surface area contributed by atoms with Crippen LogP contribution >= 0.6 is 0 Å². The summed E-state index contributed by atoms with van der Waals surface area (Å²) in [7, 11) is 3.29. The Kier molecular flexibility index (Phi) is 8.27. The van der Waals surface area contributed by atoms with E-state index in [1.165, 1.54) is 19.2 Å². The average molecular weight is 480 g/mol. The number of benzene rings is 1. The fraction of sp³-hybridized carbons (Fsp3) is 0.458. The summed E-state index contributed by atoms with van der Waals surface area (Å²) < 4.78 is 50.5. The minimum absolute atomic E-state index is 0.0244. The molecule has 3 rings (SSSR count). The molecule has 0 atom stereocenters. The van der Waals surface area contributed by atoms with Gasteiger partial charge in [0.2, 0.25) is 0 Å². The van der Waals surface area contributed by atoms with Crippen LogP contribution in [0.4, 0.5) is 13.2 Å². The number of aliphatic imine (C=N–C) groups is 1. The molecule has 0 unspecified atom stereocenters. The number of dihydropyridines is 1.